The minimum Gasteiger partial charge on any atom is -0.373 e. The van der Waals surface area contributed by atoms with E-state index in [1.54, 1.807) is 18.4 Å². The monoisotopic (exact) mass is 474 g/mol. The standard InChI is InChI=1S/C18H26N4OS.HI/c1-18(10-6-12-23-18)13-21-17(19-2)20-11-5-9-16-22-14-7-3-4-8-15(14)24-16;/h3-4,7-8H,5-6,9-13H2,1-2H3,(H2,19,20,21);1H. The number of aryl methyl sites for hydroxylation is 1. The van der Waals surface area contributed by atoms with Crippen LogP contribution in [0.25, 0.3) is 10.2 Å². The zero-order valence-electron chi connectivity index (χ0n) is 14.9. The molecule has 2 N–H and O–H groups in total. The van der Waals surface area contributed by atoms with Gasteiger partial charge in [0.15, 0.2) is 5.96 Å². The van der Waals surface area contributed by atoms with Crippen molar-refractivity contribution in [3.8, 4) is 0 Å². The lowest BCUT2D eigenvalue weighted by atomic mass is 10.0. The number of hydrogen-bond donors (Lipinski definition) is 2. The van der Waals surface area contributed by atoms with Crippen LogP contribution in [0.2, 0.25) is 0 Å². The van der Waals surface area contributed by atoms with Crippen molar-refractivity contribution in [2.45, 2.75) is 38.2 Å². The lowest BCUT2D eigenvalue weighted by Crippen LogP contribution is -2.45. The number of aliphatic imine (C=N–C) groups is 1. The summed E-state index contributed by atoms with van der Waals surface area (Å²) in [4.78, 5) is 8.96. The highest BCUT2D eigenvalue weighted by Crippen LogP contribution is 2.24. The van der Waals surface area contributed by atoms with Gasteiger partial charge in [-0.15, -0.1) is 35.3 Å². The minimum atomic E-state index is -0.0569. The van der Waals surface area contributed by atoms with E-state index in [0.717, 1.165) is 56.9 Å². The average Bonchev–Trinajstić information content (AvgIpc) is 3.20. The fraction of sp³-hybridized carbons (Fsp3) is 0.556. The molecule has 1 aliphatic rings. The molecule has 0 saturated carbocycles. The number of benzene rings is 1. The third-order valence-electron chi connectivity index (χ3n) is 4.35. The molecule has 1 saturated heterocycles. The van der Waals surface area contributed by atoms with Gasteiger partial charge in [0.25, 0.3) is 0 Å². The van der Waals surface area contributed by atoms with Crippen molar-refractivity contribution in [1.82, 2.24) is 15.6 Å². The van der Waals surface area contributed by atoms with Crippen LogP contribution in [0.4, 0.5) is 0 Å². The molecule has 7 heteroatoms. The summed E-state index contributed by atoms with van der Waals surface area (Å²) in [5.74, 6) is 0.844. The Morgan fingerprint density at radius 1 is 1.36 bits per heavy atom. The molecule has 1 aliphatic heterocycles. The van der Waals surface area contributed by atoms with Crippen molar-refractivity contribution in [1.29, 1.82) is 0 Å². The smallest absolute Gasteiger partial charge is 0.191 e. The Labute approximate surface area is 170 Å². The molecule has 1 fully saturated rings. The molecule has 25 heavy (non-hydrogen) atoms. The largest absolute Gasteiger partial charge is 0.373 e. The van der Waals surface area contributed by atoms with Gasteiger partial charge in [-0.1, -0.05) is 12.1 Å². The van der Waals surface area contributed by atoms with Crippen molar-refractivity contribution in [3.63, 3.8) is 0 Å². The second-order valence-corrected chi connectivity index (χ2v) is 7.55. The summed E-state index contributed by atoms with van der Waals surface area (Å²) in [5.41, 5.74) is 1.05. The van der Waals surface area contributed by atoms with E-state index in [1.165, 1.54) is 9.71 Å². The summed E-state index contributed by atoms with van der Waals surface area (Å²) in [7, 11) is 1.81. The summed E-state index contributed by atoms with van der Waals surface area (Å²) in [6, 6.07) is 8.31. The van der Waals surface area contributed by atoms with Crippen LogP contribution < -0.4 is 10.6 Å². The number of thiazole rings is 1. The zero-order chi connectivity index (χ0) is 16.8. The van der Waals surface area contributed by atoms with Gasteiger partial charge in [0.05, 0.1) is 20.8 Å². The molecular formula is C18H27IN4OS. The second-order valence-electron chi connectivity index (χ2n) is 6.43. The molecule has 2 aromatic rings. The quantitative estimate of drug-likeness (QED) is 0.291. The first-order chi connectivity index (χ1) is 11.7. The number of guanidine groups is 1. The van der Waals surface area contributed by atoms with E-state index in [9.17, 15) is 0 Å². The second kappa shape index (κ2) is 9.68. The first-order valence-electron chi connectivity index (χ1n) is 8.61. The van der Waals surface area contributed by atoms with Gasteiger partial charge >= 0.3 is 0 Å². The summed E-state index contributed by atoms with van der Waals surface area (Å²) < 4.78 is 7.06. The fourth-order valence-electron chi connectivity index (χ4n) is 2.94. The van der Waals surface area contributed by atoms with Crippen LogP contribution in [0.3, 0.4) is 0 Å². The zero-order valence-corrected chi connectivity index (χ0v) is 18.0. The Morgan fingerprint density at radius 2 is 2.20 bits per heavy atom. The molecule has 0 spiro atoms. The SMILES string of the molecule is CN=C(NCCCc1nc2ccccc2s1)NCC1(C)CCCO1.I. The third kappa shape index (κ3) is 5.79. The Hall–Kier alpha value is -0.930. The van der Waals surface area contributed by atoms with Crippen molar-refractivity contribution in [2.24, 2.45) is 4.99 Å². The van der Waals surface area contributed by atoms with Gasteiger partial charge in [-0.25, -0.2) is 4.98 Å². The summed E-state index contributed by atoms with van der Waals surface area (Å²) in [5, 5.41) is 7.95. The fourth-order valence-corrected chi connectivity index (χ4v) is 3.95. The number of ether oxygens (including phenoxy) is 1. The number of fused-ring (bicyclic) bond motifs is 1. The first-order valence-corrected chi connectivity index (χ1v) is 9.43. The van der Waals surface area contributed by atoms with E-state index in [4.69, 9.17) is 4.74 Å². The molecule has 138 valence electrons. The van der Waals surface area contributed by atoms with Crippen LogP contribution in [0.1, 0.15) is 31.2 Å². The highest BCUT2D eigenvalue weighted by molar-refractivity contribution is 14.0. The third-order valence-corrected chi connectivity index (χ3v) is 5.45. The number of para-hydroxylation sites is 1. The summed E-state index contributed by atoms with van der Waals surface area (Å²) >= 11 is 1.79. The lowest BCUT2D eigenvalue weighted by Gasteiger charge is -2.24. The van der Waals surface area contributed by atoms with Crippen LogP contribution in [0.15, 0.2) is 29.3 Å². The topological polar surface area (TPSA) is 58.5 Å². The maximum atomic E-state index is 5.80. The van der Waals surface area contributed by atoms with Crippen LogP contribution in [-0.4, -0.2) is 43.3 Å². The molecule has 2 heterocycles. The Morgan fingerprint density at radius 3 is 2.92 bits per heavy atom. The molecule has 1 aromatic heterocycles. The first kappa shape index (κ1) is 20.4. The number of halogens is 1. The van der Waals surface area contributed by atoms with E-state index in [0.29, 0.717) is 0 Å². The van der Waals surface area contributed by atoms with E-state index in [-0.39, 0.29) is 29.6 Å². The van der Waals surface area contributed by atoms with Crippen molar-refractivity contribution < 1.29 is 4.74 Å². The summed E-state index contributed by atoms with van der Waals surface area (Å²) in [6.45, 7) is 4.71. The van der Waals surface area contributed by atoms with Crippen LogP contribution in [-0.2, 0) is 11.2 Å². The van der Waals surface area contributed by atoms with Gasteiger partial charge in [-0.3, -0.25) is 4.99 Å². The van der Waals surface area contributed by atoms with Gasteiger partial charge in [0.2, 0.25) is 0 Å². The van der Waals surface area contributed by atoms with E-state index < -0.39 is 0 Å². The van der Waals surface area contributed by atoms with Gasteiger partial charge in [-0.2, -0.15) is 0 Å². The predicted octanol–water partition coefficient (Wildman–Crippen LogP) is 3.58. The Bertz CT molecular complexity index is 664. The maximum absolute atomic E-state index is 5.80. The molecule has 1 unspecified atom stereocenters. The predicted molar refractivity (Wildman–Crippen MR) is 116 cm³/mol. The van der Waals surface area contributed by atoms with Gasteiger partial charge in [0, 0.05) is 33.2 Å². The van der Waals surface area contributed by atoms with E-state index in [1.807, 2.05) is 6.07 Å². The number of aromatic nitrogens is 1. The van der Waals surface area contributed by atoms with Crippen LogP contribution >= 0.6 is 35.3 Å². The molecule has 5 nitrogen and oxygen atoms in total. The summed E-state index contributed by atoms with van der Waals surface area (Å²) in [6.07, 6.45) is 4.28. The molecule has 0 bridgehead atoms. The lowest BCUT2D eigenvalue weighted by molar-refractivity contribution is 0.0243. The van der Waals surface area contributed by atoms with Gasteiger partial charge < -0.3 is 15.4 Å². The maximum Gasteiger partial charge on any atom is 0.191 e. The normalized spacial score (nSPS) is 20.5. The van der Waals surface area contributed by atoms with Crippen molar-refractivity contribution in [3.05, 3.63) is 29.3 Å². The molecule has 1 atom stereocenters. The van der Waals surface area contributed by atoms with Gasteiger partial charge in [0.1, 0.15) is 0 Å². The molecule has 3 rings (SSSR count). The van der Waals surface area contributed by atoms with Crippen molar-refractivity contribution in [2.75, 3.05) is 26.7 Å². The van der Waals surface area contributed by atoms with Crippen LogP contribution in [0, 0.1) is 0 Å². The van der Waals surface area contributed by atoms with E-state index >= 15 is 0 Å². The molecule has 1 aromatic carbocycles. The highest BCUT2D eigenvalue weighted by atomic mass is 127. The Kier molecular flexibility index (Phi) is 7.89. The molecular weight excluding hydrogens is 447 g/mol. The van der Waals surface area contributed by atoms with Gasteiger partial charge in [-0.05, 0) is 38.3 Å². The van der Waals surface area contributed by atoms with E-state index in [2.05, 4.69) is 45.7 Å². The van der Waals surface area contributed by atoms with Crippen LogP contribution in [0.5, 0.6) is 0 Å². The minimum absolute atomic E-state index is 0. The average molecular weight is 474 g/mol. The molecule has 0 radical (unpaired) electrons. The number of rotatable bonds is 6. The number of nitrogens with zero attached hydrogens (tertiary/aromatic N) is 2. The number of nitrogens with one attached hydrogen (secondary N) is 2. The number of hydrogen-bond acceptors (Lipinski definition) is 4. The highest BCUT2D eigenvalue weighted by Gasteiger charge is 2.29. The Balaban J connectivity index is 0.00000225. The molecule has 0 amide bonds. The van der Waals surface area contributed by atoms with Crippen molar-refractivity contribution >= 4 is 51.5 Å². The molecule has 0 aliphatic carbocycles.